The average Bonchev–Trinajstić information content (AvgIpc) is 2.89. The second-order valence-electron chi connectivity index (χ2n) is 4.01. The third-order valence-electron chi connectivity index (χ3n) is 2.85. The van der Waals surface area contributed by atoms with Gasteiger partial charge in [-0.3, -0.25) is 9.67 Å². The number of rotatable bonds is 2. The van der Waals surface area contributed by atoms with Crippen LogP contribution in [0.5, 0.6) is 0 Å². The quantitative estimate of drug-likeness (QED) is 0.717. The number of nitrogens with zero attached hydrogens (tertiary/aromatic N) is 2. The van der Waals surface area contributed by atoms with Gasteiger partial charge in [0.2, 0.25) is 0 Å². The fourth-order valence-corrected chi connectivity index (χ4v) is 1.96. The van der Waals surface area contributed by atoms with E-state index in [0.717, 1.165) is 17.1 Å². The molecular formula is C12H12N4O2. The zero-order chi connectivity index (χ0) is 12.7. The van der Waals surface area contributed by atoms with Gasteiger partial charge < -0.3 is 9.73 Å². The Bertz CT molecular complexity index is 766. The van der Waals surface area contributed by atoms with Crippen LogP contribution in [-0.2, 0) is 7.05 Å². The number of aromatic nitrogens is 3. The number of H-pyrrole nitrogens is 1. The molecule has 0 atom stereocenters. The molecule has 2 heterocycles. The van der Waals surface area contributed by atoms with Crippen LogP contribution in [0.2, 0.25) is 0 Å². The Hall–Kier alpha value is -2.50. The van der Waals surface area contributed by atoms with Gasteiger partial charge in [-0.2, -0.15) is 5.10 Å². The van der Waals surface area contributed by atoms with Gasteiger partial charge >= 0.3 is 5.76 Å². The van der Waals surface area contributed by atoms with Gasteiger partial charge in [-0.15, -0.1) is 0 Å². The zero-order valence-corrected chi connectivity index (χ0v) is 10.0. The van der Waals surface area contributed by atoms with Crippen LogP contribution in [0.3, 0.4) is 0 Å². The summed E-state index contributed by atoms with van der Waals surface area (Å²) in [4.78, 5) is 13.7. The van der Waals surface area contributed by atoms with E-state index in [4.69, 9.17) is 4.42 Å². The van der Waals surface area contributed by atoms with Crippen LogP contribution in [0.1, 0.15) is 0 Å². The minimum absolute atomic E-state index is 0.442. The summed E-state index contributed by atoms with van der Waals surface area (Å²) in [6.45, 7) is 0. The molecule has 0 fully saturated rings. The highest BCUT2D eigenvalue weighted by Crippen LogP contribution is 2.24. The summed E-state index contributed by atoms with van der Waals surface area (Å²) in [6, 6.07) is 7.50. The summed E-state index contributed by atoms with van der Waals surface area (Å²) in [7, 11) is 3.69. The number of nitrogens with one attached hydrogen (secondary N) is 2. The van der Waals surface area contributed by atoms with Gasteiger partial charge in [-0.05, 0) is 12.1 Å². The molecule has 0 amide bonds. The Morgan fingerprint density at radius 1 is 1.39 bits per heavy atom. The van der Waals surface area contributed by atoms with Crippen molar-refractivity contribution in [3.63, 3.8) is 0 Å². The van der Waals surface area contributed by atoms with Crippen LogP contribution in [0.15, 0.2) is 33.5 Å². The Balaban J connectivity index is 2.18. The topological polar surface area (TPSA) is 75.8 Å². The average molecular weight is 244 g/mol. The largest absolute Gasteiger partial charge is 0.417 e. The Morgan fingerprint density at radius 2 is 2.22 bits per heavy atom. The summed E-state index contributed by atoms with van der Waals surface area (Å²) < 4.78 is 6.82. The molecule has 6 nitrogen and oxygen atoms in total. The number of benzene rings is 1. The molecular weight excluding hydrogens is 232 g/mol. The monoisotopic (exact) mass is 244 g/mol. The molecule has 3 rings (SSSR count). The molecule has 92 valence electrons. The van der Waals surface area contributed by atoms with E-state index in [9.17, 15) is 4.79 Å². The molecule has 0 saturated heterocycles. The van der Waals surface area contributed by atoms with Gasteiger partial charge in [0.1, 0.15) is 5.82 Å². The van der Waals surface area contributed by atoms with Crippen molar-refractivity contribution in [2.24, 2.45) is 7.05 Å². The van der Waals surface area contributed by atoms with Crippen molar-refractivity contribution >= 4 is 16.9 Å². The molecule has 2 aromatic heterocycles. The first-order valence-electron chi connectivity index (χ1n) is 5.52. The molecule has 3 aromatic rings. The van der Waals surface area contributed by atoms with E-state index in [1.165, 1.54) is 0 Å². The van der Waals surface area contributed by atoms with Crippen molar-refractivity contribution in [3.05, 3.63) is 34.8 Å². The molecule has 0 aliphatic carbocycles. The fraction of sp³-hybridized carbons (Fsp3) is 0.167. The second-order valence-corrected chi connectivity index (χ2v) is 4.01. The third kappa shape index (κ3) is 1.58. The molecule has 0 unspecified atom stereocenters. The second kappa shape index (κ2) is 3.76. The maximum Gasteiger partial charge on any atom is 0.417 e. The highest BCUT2D eigenvalue weighted by atomic mass is 16.4. The highest BCUT2D eigenvalue weighted by molar-refractivity contribution is 5.79. The lowest BCUT2D eigenvalue weighted by Crippen LogP contribution is -1.94. The molecule has 6 heteroatoms. The molecule has 0 aliphatic heterocycles. The SMILES string of the molecule is CNc1cc(-c2ccc3[nH]c(=O)oc3c2)n(C)n1. The molecule has 18 heavy (non-hydrogen) atoms. The summed E-state index contributed by atoms with van der Waals surface area (Å²) in [5, 5.41) is 7.28. The maximum absolute atomic E-state index is 11.1. The molecule has 1 aromatic carbocycles. The van der Waals surface area contributed by atoms with Crippen molar-refractivity contribution in [2.75, 3.05) is 12.4 Å². The Kier molecular flexibility index (Phi) is 2.22. The molecule has 2 N–H and O–H groups in total. The number of oxazole rings is 1. The zero-order valence-electron chi connectivity index (χ0n) is 10.0. The number of aryl methyl sites for hydroxylation is 1. The molecule has 0 radical (unpaired) electrons. The fourth-order valence-electron chi connectivity index (χ4n) is 1.96. The van der Waals surface area contributed by atoms with E-state index < -0.39 is 5.76 Å². The summed E-state index contributed by atoms with van der Waals surface area (Å²) in [5.74, 6) is 0.353. The molecule has 0 spiro atoms. The Labute approximate surface area is 102 Å². The van der Waals surface area contributed by atoms with E-state index >= 15 is 0 Å². The van der Waals surface area contributed by atoms with Crippen molar-refractivity contribution < 1.29 is 4.42 Å². The Morgan fingerprint density at radius 3 is 2.94 bits per heavy atom. The highest BCUT2D eigenvalue weighted by Gasteiger charge is 2.09. The van der Waals surface area contributed by atoms with Crippen LogP contribution >= 0.6 is 0 Å². The first-order valence-corrected chi connectivity index (χ1v) is 5.52. The van der Waals surface area contributed by atoms with Gasteiger partial charge in [0.05, 0.1) is 11.2 Å². The number of anilines is 1. The van der Waals surface area contributed by atoms with Crippen LogP contribution < -0.4 is 11.1 Å². The van der Waals surface area contributed by atoms with E-state index in [1.807, 2.05) is 38.4 Å². The summed E-state index contributed by atoms with van der Waals surface area (Å²) in [6.07, 6.45) is 0. The van der Waals surface area contributed by atoms with E-state index in [0.29, 0.717) is 11.1 Å². The van der Waals surface area contributed by atoms with E-state index in [2.05, 4.69) is 15.4 Å². The van der Waals surface area contributed by atoms with Gasteiger partial charge in [0.25, 0.3) is 0 Å². The number of fused-ring (bicyclic) bond motifs is 1. The molecule has 0 aliphatic rings. The molecule has 0 bridgehead atoms. The van der Waals surface area contributed by atoms with Crippen LogP contribution in [0, 0.1) is 0 Å². The lowest BCUT2D eigenvalue weighted by molar-refractivity contribution is 0.555. The van der Waals surface area contributed by atoms with Gasteiger partial charge in [-0.1, -0.05) is 6.07 Å². The number of hydrogen-bond donors (Lipinski definition) is 2. The lowest BCUT2D eigenvalue weighted by Gasteiger charge is -2.00. The lowest BCUT2D eigenvalue weighted by atomic mass is 10.1. The van der Waals surface area contributed by atoms with Crippen molar-refractivity contribution in [2.45, 2.75) is 0 Å². The summed E-state index contributed by atoms with van der Waals surface area (Å²) in [5.41, 5.74) is 3.14. The van der Waals surface area contributed by atoms with Crippen molar-refractivity contribution in [1.82, 2.24) is 14.8 Å². The van der Waals surface area contributed by atoms with Gasteiger partial charge in [0.15, 0.2) is 5.58 Å². The predicted molar refractivity (Wildman–Crippen MR) is 68.6 cm³/mol. The predicted octanol–water partition coefficient (Wildman–Crippen LogP) is 1.56. The van der Waals surface area contributed by atoms with Crippen LogP contribution in [0.25, 0.3) is 22.4 Å². The molecule has 0 saturated carbocycles. The minimum atomic E-state index is -0.442. The first-order chi connectivity index (χ1) is 8.67. The van der Waals surface area contributed by atoms with Gasteiger partial charge in [-0.25, -0.2) is 4.79 Å². The van der Waals surface area contributed by atoms with Crippen molar-refractivity contribution in [3.8, 4) is 11.3 Å². The maximum atomic E-state index is 11.1. The van der Waals surface area contributed by atoms with Crippen LogP contribution in [-0.4, -0.2) is 21.8 Å². The van der Waals surface area contributed by atoms with E-state index in [1.54, 1.807) is 4.68 Å². The first kappa shape index (κ1) is 10.6. The van der Waals surface area contributed by atoms with Crippen LogP contribution in [0.4, 0.5) is 5.82 Å². The van der Waals surface area contributed by atoms with Crippen molar-refractivity contribution in [1.29, 1.82) is 0 Å². The smallest absolute Gasteiger partial charge is 0.408 e. The standard InChI is InChI=1S/C12H12N4O2/c1-13-11-6-9(16(2)15-11)7-3-4-8-10(5-7)18-12(17)14-8/h3-6H,1-2H3,(H,13,15)(H,14,17). The number of aromatic amines is 1. The van der Waals surface area contributed by atoms with Gasteiger partial charge in [0, 0.05) is 25.7 Å². The third-order valence-corrected chi connectivity index (χ3v) is 2.85. The summed E-state index contributed by atoms with van der Waals surface area (Å²) >= 11 is 0. The minimum Gasteiger partial charge on any atom is -0.408 e. The normalized spacial score (nSPS) is 11.0. The number of hydrogen-bond acceptors (Lipinski definition) is 4. The van der Waals surface area contributed by atoms with E-state index in [-0.39, 0.29) is 0 Å².